The number of hydrogen-bond donors (Lipinski definition) is 0. The molecule has 0 saturated carbocycles. The first-order valence-electron chi connectivity index (χ1n) is 5.04. The zero-order valence-electron chi connectivity index (χ0n) is 8.01. The van der Waals surface area contributed by atoms with Gasteiger partial charge in [-0.3, -0.25) is 4.79 Å². The lowest BCUT2D eigenvalue weighted by Crippen LogP contribution is -2.27. The number of nitrogens with zero attached hydrogens (tertiary/aromatic N) is 1. The van der Waals surface area contributed by atoms with Crippen molar-refractivity contribution in [1.29, 1.82) is 0 Å². The van der Waals surface area contributed by atoms with Gasteiger partial charge in [-0.05, 0) is 12.8 Å². The fraction of sp³-hybridized carbons (Fsp3) is 0.900. The molecule has 0 aromatic carbocycles. The molecule has 12 heavy (non-hydrogen) atoms. The van der Waals surface area contributed by atoms with Gasteiger partial charge in [-0.25, -0.2) is 0 Å². The van der Waals surface area contributed by atoms with Crippen molar-refractivity contribution in [2.45, 2.75) is 44.9 Å². The van der Waals surface area contributed by atoms with Crippen LogP contribution < -0.4 is 0 Å². The van der Waals surface area contributed by atoms with Gasteiger partial charge in [0.25, 0.3) is 0 Å². The van der Waals surface area contributed by atoms with Crippen LogP contribution >= 0.6 is 0 Å². The van der Waals surface area contributed by atoms with Crippen LogP contribution in [0.4, 0.5) is 0 Å². The minimum atomic E-state index is 0.330. The quantitative estimate of drug-likeness (QED) is 0.544. The van der Waals surface area contributed by atoms with E-state index in [1.165, 1.54) is 32.1 Å². The molecule has 70 valence electrons. The first kappa shape index (κ1) is 9.56. The molecule has 0 bridgehead atoms. The van der Waals surface area contributed by atoms with E-state index in [-0.39, 0.29) is 0 Å². The Labute approximate surface area is 74.9 Å². The Morgan fingerprint density at radius 3 is 2.33 bits per heavy atom. The Hall–Kier alpha value is -0.530. The van der Waals surface area contributed by atoms with Gasteiger partial charge in [0, 0.05) is 20.0 Å². The number of carbonyl (C=O) groups is 1. The third kappa shape index (κ3) is 3.24. The molecule has 1 amide bonds. The summed E-state index contributed by atoms with van der Waals surface area (Å²) >= 11 is 0. The van der Waals surface area contributed by atoms with Crippen molar-refractivity contribution < 1.29 is 4.79 Å². The van der Waals surface area contributed by atoms with Gasteiger partial charge in [-0.2, -0.15) is 0 Å². The molecule has 2 nitrogen and oxygen atoms in total. The molecule has 0 spiro atoms. The van der Waals surface area contributed by atoms with E-state index in [4.69, 9.17) is 0 Å². The molecule has 0 aliphatic carbocycles. The third-order valence-electron chi connectivity index (χ3n) is 2.56. The largest absolute Gasteiger partial charge is 0.346 e. The van der Waals surface area contributed by atoms with Gasteiger partial charge in [0.15, 0.2) is 0 Å². The summed E-state index contributed by atoms with van der Waals surface area (Å²) in [5, 5.41) is 0. The average Bonchev–Trinajstić information content (AvgIpc) is 2.08. The fourth-order valence-electron chi connectivity index (χ4n) is 1.65. The van der Waals surface area contributed by atoms with Crippen molar-refractivity contribution in [3.05, 3.63) is 0 Å². The lowest BCUT2D eigenvalue weighted by molar-refractivity contribution is -0.130. The van der Waals surface area contributed by atoms with Gasteiger partial charge in [0.2, 0.25) is 5.91 Å². The van der Waals surface area contributed by atoms with Crippen molar-refractivity contribution >= 4 is 5.91 Å². The van der Waals surface area contributed by atoms with Crippen LogP contribution in [0.5, 0.6) is 0 Å². The molecule has 0 radical (unpaired) electrons. The highest BCUT2D eigenvalue weighted by molar-refractivity contribution is 5.75. The highest BCUT2D eigenvalue weighted by atomic mass is 16.2. The van der Waals surface area contributed by atoms with Crippen LogP contribution in [0.25, 0.3) is 0 Å². The summed E-state index contributed by atoms with van der Waals surface area (Å²) in [5.41, 5.74) is 0. The molecule has 1 aliphatic rings. The monoisotopic (exact) mass is 169 g/mol. The van der Waals surface area contributed by atoms with Gasteiger partial charge in [-0.15, -0.1) is 0 Å². The predicted molar refractivity (Wildman–Crippen MR) is 50.0 cm³/mol. The fourth-order valence-corrected chi connectivity index (χ4v) is 1.65. The molecule has 1 rings (SSSR count). The maximum Gasteiger partial charge on any atom is 0.222 e. The van der Waals surface area contributed by atoms with E-state index in [1.807, 2.05) is 11.9 Å². The van der Waals surface area contributed by atoms with Crippen molar-refractivity contribution in [1.82, 2.24) is 4.90 Å². The molecule has 1 aliphatic heterocycles. The molecule has 0 unspecified atom stereocenters. The molecule has 1 fully saturated rings. The molecule has 1 saturated heterocycles. The highest BCUT2D eigenvalue weighted by Gasteiger charge is 2.08. The van der Waals surface area contributed by atoms with E-state index in [0.717, 1.165) is 19.4 Å². The SMILES string of the molecule is CN1CCCCCCCCC1=O. The van der Waals surface area contributed by atoms with Gasteiger partial charge < -0.3 is 4.90 Å². The molecule has 0 aromatic rings. The Balaban J connectivity index is 2.31. The number of amides is 1. The summed E-state index contributed by atoms with van der Waals surface area (Å²) in [4.78, 5) is 13.2. The third-order valence-corrected chi connectivity index (χ3v) is 2.56. The zero-order valence-corrected chi connectivity index (χ0v) is 8.01. The van der Waals surface area contributed by atoms with Crippen LogP contribution in [-0.4, -0.2) is 24.4 Å². The standard InChI is InChI=1S/C10H19NO/c1-11-9-7-5-3-2-4-6-8-10(11)12/h2-9H2,1H3. The second kappa shape index (κ2) is 5.18. The van der Waals surface area contributed by atoms with E-state index in [9.17, 15) is 4.79 Å². The molecule has 1 heterocycles. The van der Waals surface area contributed by atoms with Crippen molar-refractivity contribution in [2.75, 3.05) is 13.6 Å². The van der Waals surface area contributed by atoms with E-state index in [1.54, 1.807) is 0 Å². The molecule has 0 atom stereocenters. The minimum Gasteiger partial charge on any atom is -0.346 e. The number of hydrogen-bond acceptors (Lipinski definition) is 1. The zero-order chi connectivity index (χ0) is 8.81. The van der Waals surface area contributed by atoms with Crippen LogP contribution in [0.2, 0.25) is 0 Å². The van der Waals surface area contributed by atoms with Gasteiger partial charge in [0.05, 0.1) is 0 Å². The molecular weight excluding hydrogens is 150 g/mol. The number of rotatable bonds is 0. The smallest absolute Gasteiger partial charge is 0.222 e. The van der Waals surface area contributed by atoms with Crippen molar-refractivity contribution in [3.8, 4) is 0 Å². The summed E-state index contributed by atoms with van der Waals surface area (Å²) < 4.78 is 0. The van der Waals surface area contributed by atoms with Gasteiger partial charge in [-0.1, -0.05) is 25.7 Å². The van der Waals surface area contributed by atoms with E-state index < -0.39 is 0 Å². The van der Waals surface area contributed by atoms with Crippen LogP contribution in [0.1, 0.15) is 44.9 Å². The Morgan fingerprint density at radius 1 is 1.00 bits per heavy atom. The molecule has 0 aromatic heterocycles. The van der Waals surface area contributed by atoms with E-state index >= 15 is 0 Å². The maximum absolute atomic E-state index is 11.4. The topological polar surface area (TPSA) is 20.3 Å². The summed E-state index contributed by atoms with van der Waals surface area (Å²) in [6, 6.07) is 0. The van der Waals surface area contributed by atoms with Crippen LogP contribution in [0.3, 0.4) is 0 Å². The minimum absolute atomic E-state index is 0.330. The van der Waals surface area contributed by atoms with E-state index in [0.29, 0.717) is 5.91 Å². The Bertz CT molecular complexity index is 145. The lowest BCUT2D eigenvalue weighted by atomic mass is 10.1. The normalized spacial score (nSPS) is 22.4. The highest BCUT2D eigenvalue weighted by Crippen LogP contribution is 2.11. The second-order valence-corrected chi connectivity index (χ2v) is 3.69. The summed E-state index contributed by atoms with van der Waals surface area (Å²) in [5.74, 6) is 0.330. The van der Waals surface area contributed by atoms with Crippen LogP contribution in [-0.2, 0) is 4.79 Å². The van der Waals surface area contributed by atoms with Gasteiger partial charge in [0.1, 0.15) is 0 Å². The molecular formula is C10H19NO. The van der Waals surface area contributed by atoms with Crippen molar-refractivity contribution in [2.24, 2.45) is 0 Å². The Morgan fingerprint density at radius 2 is 1.58 bits per heavy atom. The average molecular weight is 169 g/mol. The molecule has 2 heteroatoms. The van der Waals surface area contributed by atoms with Gasteiger partial charge >= 0.3 is 0 Å². The second-order valence-electron chi connectivity index (χ2n) is 3.69. The lowest BCUT2D eigenvalue weighted by Gasteiger charge is -2.18. The van der Waals surface area contributed by atoms with E-state index in [2.05, 4.69) is 0 Å². The number of carbonyl (C=O) groups excluding carboxylic acids is 1. The van der Waals surface area contributed by atoms with Crippen molar-refractivity contribution in [3.63, 3.8) is 0 Å². The first-order valence-corrected chi connectivity index (χ1v) is 5.04. The van der Waals surface area contributed by atoms with Crippen LogP contribution in [0, 0.1) is 0 Å². The molecule has 0 N–H and O–H groups in total. The Kier molecular flexibility index (Phi) is 4.12. The summed E-state index contributed by atoms with van der Waals surface area (Å²) in [6.45, 7) is 0.957. The van der Waals surface area contributed by atoms with Crippen LogP contribution in [0.15, 0.2) is 0 Å². The predicted octanol–water partition coefficient (Wildman–Crippen LogP) is 2.19. The first-order chi connectivity index (χ1) is 5.80. The summed E-state index contributed by atoms with van der Waals surface area (Å²) in [7, 11) is 1.92. The maximum atomic E-state index is 11.4. The summed E-state index contributed by atoms with van der Waals surface area (Å²) in [6.07, 6.45) is 8.22.